The second-order valence-corrected chi connectivity index (χ2v) is 8.60. The molecular weight excluding hydrogens is 439 g/mol. The Balaban J connectivity index is 1.98. The molecule has 2 aromatic rings. The lowest BCUT2D eigenvalue weighted by atomic mass is 10.1. The molecular formula is C19H21BrF3N3O2. The highest BCUT2D eigenvalue weighted by molar-refractivity contribution is 9.10. The summed E-state index contributed by atoms with van der Waals surface area (Å²) < 4.78 is 46.9. The number of amides is 1. The van der Waals surface area contributed by atoms with Gasteiger partial charge in [0.1, 0.15) is 11.4 Å². The number of carbonyl (C=O) groups excluding carboxylic acids is 1. The molecule has 2 heterocycles. The van der Waals surface area contributed by atoms with Crippen LogP contribution in [0, 0.1) is 0 Å². The topological polar surface area (TPSA) is 58.2 Å². The third-order valence-corrected chi connectivity index (χ3v) is 4.85. The number of nitrogens with zero attached hydrogens (tertiary/aromatic N) is 2. The lowest BCUT2D eigenvalue weighted by Crippen LogP contribution is -2.36. The van der Waals surface area contributed by atoms with Crippen molar-refractivity contribution in [3.63, 3.8) is 0 Å². The summed E-state index contributed by atoms with van der Waals surface area (Å²) in [5.74, 6) is 0.119. The fourth-order valence-electron chi connectivity index (χ4n) is 3.17. The molecule has 1 aliphatic rings. The van der Waals surface area contributed by atoms with E-state index in [0.717, 1.165) is 4.47 Å². The van der Waals surface area contributed by atoms with Crippen molar-refractivity contribution in [1.29, 1.82) is 0 Å². The SMILES string of the molecule is CC(C)(C)OC(=O)N1CCCC1c1nc(C(F)(F)F)c(-c2ccc(Br)cc2)[nH]1. The molecule has 1 fully saturated rings. The summed E-state index contributed by atoms with van der Waals surface area (Å²) >= 11 is 3.28. The van der Waals surface area contributed by atoms with Crippen molar-refractivity contribution in [3.05, 3.63) is 40.3 Å². The Morgan fingerprint density at radius 2 is 1.89 bits per heavy atom. The summed E-state index contributed by atoms with van der Waals surface area (Å²) in [7, 11) is 0. The number of H-pyrrole nitrogens is 1. The smallest absolute Gasteiger partial charge is 0.435 e. The monoisotopic (exact) mass is 459 g/mol. The number of likely N-dealkylation sites (tertiary alicyclic amines) is 1. The first-order valence-electron chi connectivity index (χ1n) is 8.88. The van der Waals surface area contributed by atoms with E-state index in [0.29, 0.717) is 24.9 Å². The first kappa shape index (κ1) is 20.7. The number of aromatic amines is 1. The van der Waals surface area contributed by atoms with E-state index in [1.165, 1.54) is 4.90 Å². The zero-order valence-corrected chi connectivity index (χ0v) is 17.3. The molecule has 0 saturated carbocycles. The average molecular weight is 460 g/mol. The molecule has 0 aliphatic carbocycles. The summed E-state index contributed by atoms with van der Waals surface area (Å²) in [5, 5.41) is 0. The Bertz CT molecular complexity index is 857. The molecule has 9 heteroatoms. The quantitative estimate of drug-likeness (QED) is 0.605. The van der Waals surface area contributed by atoms with E-state index < -0.39 is 29.6 Å². The summed E-state index contributed by atoms with van der Waals surface area (Å²) in [5.41, 5.74) is -1.41. The number of hydrogen-bond donors (Lipinski definition) is 1. The third-order valence-electron chi connectivity index (χ3n) is 4.32. The van der Waals surface area contributed by atoms with Gasteiger partial charge in [0.2, 0.25) is 0 Å². The van der Waals surface area contributed by atoms with Crippen LogP contribution >= 0.6 is 15.9 Å². The number of benzene rings is 1. The van der Waals surface area contributed by atoms with Crippen LogP contribution in [-0.2, 0) is 10.9 Å². The molecule has 152 valence electrons. The van der Waals surface area contributed by atoms with Crippen molar-refractivity contribution < 1.29 is 22.7 Å². The molecule has 0 radical (unpaired) electrons. The normalized spacial score (nSPS) is 17.8. The Kier molecular flexibility index (Phi) is 5.49. The van der Waals surface area contributed by atoms with Crippen LogP contribution in [0.3, 0.4) is 0 Å². The molecule has 1 amide bonds. The van der Waals surface area contributed by atoms with Gasteiger partial charge in [0.25, 0.3) is 0 Å². The Hall–Kier alpha value is -2.03. The van der Waals surface area contributed by atoms with Gasteiger partial charge in [0, 0.05) is 16.6 Å². The number of aromatic nitrogens is 2. The van der Waals surface area contributed by atoms with E-state index >= 15 is 0 Å². The Morgan fingerprint density at radius 3 is 2.46 bits per heavy atom. The number of hydrogen-bond acceptors (Lipinski definition) is 3. The lowest BCUT2D eigenvalue weighted by molar-refractivity contribution is -0.140. The van der Waals surface area contributed by atoms with Gasteiger partial charge < -0.3 is 9.72 Å². The summed E-state index contributed by atoms with van der Waals surface area (Å²) in [4.78, 5) is 20.6. The fraction of sp³-hybridized carbons (Fsp3) is 0.474. The molecule has 28 heavy (non-hydrogen) atoms. The van der Waals surface area contributed by atoms with Crippen LogP contribution in [0.2, 0.25) is 0 Å². The maximum atomic E-state index is 13.6. The molecule has 1 aromatic carbocycles. The predicted molar refractivity (Wildman–Crippen MR) is 102 cm³/mol. The van der Waals surface area contributed by atoms with Crippen LogP contribution in [0.4, 0.5) is 18.0 Å². The first-order chi connectivity index (χ1) is 13.0. The highest BCUT2D eigenvalue weighted by Crippen LogP contribution is 2.39. The number of rotatable bonds is 2. The van der Waals surface area contributed by atoms with Gasteiger partial charge in [-0.3, -0.25) is 4.90 Å². The first-order valence-corrected chi connectivity index (χ1v) is 9.67. The molecule has 0 spiro atoms. The van der Waals surface area contributed by atoms with Gasteiger partial charge in [-0.15, -0.1) is 0 Å². The fourth-order valence-corrected chi connectivity index (χ4v) is 3.43. The van der Waals surface area contributed by atoms with Crippen LogP contribution < -0.4 is 0 Å². The zero-order valence-electron chi connectivity index (χ0n) is 15.7. The molecule has 1 saturated heterocycles. The molecule has 1 aliphatic heterocycles. The van der Waals surface area contributed by atoms with Gasteiger partial charge in [0.15, 0.2) is 5.69 Å². The highest BCUT2D eigenvalue weighted by Gasteiger charge is 2.41. The summed E-state index contributed by atoms with van der Waals surface area (Å²) in [6, 6.07) is 5.91. The number of alkyl halides is 3. The largest absolute Gasteiger partial charge is 0.444 e. The molecule has 3 rings (SSSR count). The molecule has 1 aromatic heterocycles. The number of ether oxygens (including phenoxy) is 1. The van der Waals surface area contributed by atoms with Gasteiger partial charge in [0.05, 0.1) is 11.7 Å². The van der Waals surface area contributed by atoms with Crippen LogP contribution in [0.25, 0.3) is 11.3 Å². The number of nitrogens with one attached hydrogen (secondary N) is 1. The van der Waals surface area contributed by atoms with Gasteiger partial charge in [-0.25, -0.2) is 9.78 Å². The van der Waals surface area contributed by atoms with Crippen molar-refractivity contribution in [2.75, 3.05) is 6.54 Å². The van der Waals surface area contributed by atoms with Crippen molar-refractivity contribution in [1.82, 2.24) is 14.9 Å². The van der Waals surface area contributed by atoms with Crippen molar-refractivity contribution in [2.24, 2.45) is 0 Å². The maximum Gasteiger partial charge on any atom is 0.435 e. The molecule has 1 atom stereocenters. The highest BCUT2D eigenvalue weighted by atomic mass is 79.9. The predicted octanol–water partition coefficient (Wildman–Crippen LogP) is 5.93. The van der Waals surface area contributed by atoms with Crippen molar-refractivity contribution >= 4 is 22.0 Å². The summed E-state index contributed by atoms with van der Waals surface area (Å²) in [6.45, 7) is 5.65. The lowest BCUT2D eigenvalue weighted by Gasteiger charge is -2.27. The second kappa shape index (κ2) is 7.42. The van der Waals surface area contributed by atoms with E-state index in [2.05, 4.69) is 25.9 Å². The minimum Gasteiger partial charge on any atom is -0.444 e. The van der Waals surface area contributed by atoms with Crippen LogP contribution in [0.15, 0.2) is 28.7 Å². The number of halogens is 4. The van der Waals surface area contributed by atoms with Gasteiger partial charge in [-0.2, -0.15) is 13.2 Å². The van der Waals surface area contributed by atoms with Gasteiger partial charge in [-0.1, -0.05) is 28.1 Å². The number of carbonyl (C=O) groups is 1. The Labute approximate surface area is 169 Å². The van der Waals surface area contributed by atoms with Crippen LogP contribution in [0.5, 0.6) is 0 Å². The third kappa shape index (κ3) is 4.51. The minimum atomic E-state index is -4.62. The maximum absolute atomic E-state index is 13.6. The standard InChI is InChI=1S/C19H21BrF3N3O2/c1-18(2,3)28-17(27)26-10-4-5-13(26)16-24-14(15(25-16)19(21,22)23)11-6-8-12(20)9-7-11/h6-9,13H,4-5,10H2,1-3H3,(H,24,25). The average Bonchev–Trinajstić information content (AvgIpc) is 3.20. The van der Waals surface area contributed by atoms with Crippen molar-refractivity contribution in [2.45, 2.75) is 51.4 Å². The minimum absolute atomic E-state index is 0.106. The van der Waals surface area contributed by atoms with Crippen molar-refractivity contribution in [3.8, 4) is 11.3 Å². The van der Waals surface area contributed by atoms with E-state index in [-0.39, 0.29) is 11.5 Å². The van der Waals surface area contributed by atoms with Gasteiger partial charge in [-0.05, 0) is 45.7 Å². The van der Waals surface area contributed by atoms with E-state index in [1.807, 2.05) is 0 Å². The van der Waals surface area contributed by atoms with Crippen LogP contribution in [0.1, 0.15) is 51.2 Å². The zero-order chi connectivity index (χ0) is 20.7. The van der Waals surface area contributed by atoms with Crippen LogP contribution in [-0.4, -0.2) is 33.1 Å². The van der Waals surface area contributed by atoms with Gasteiger partial charge >= 0.3 is 12.3 Å². The number of imidazole rings is 1. The molecule has 5 nitrogen and oxygen atoms in total. The Morgan fingerprint density at radius 1 is 1.25 bits per heavy atom. The summed E-state index contributed by atoms with van der Waals surface area (Å²) in [6.07, 6.45) is -3.99. The molecule has 1 N–H and O–H groups in total. The molecule has 0 bridgehead atoms. The van der Waals surface area contributed by atoms with E-state index in [1.54, 1.807) is 45.0 Å². The van der Waals surface area contributed by atoms with E-state index in [9.17, 15) is 18.0 Å². The molecule has 1 unspecified atom stereocenters. The second-order valence-electron chi connectivity index (χ2n) is 7.68. The van der Waals surface area contributed by atoms with E-state index in [4.69, 9.17) is 4.74 Å².